The van der Waals surface area contributed by atoms with Gasteiger partial charge < -0.3 is 10.6 Å². The number of nitrogens with two attached hydrogens (primary N) is 1. The Morgan fingerprint density at radius 3 is 2.64 bits per heavy atom. The Bertz CT molecular complexity index is 207. The number of allylic oxidation sites excluding steroid dienone is 1. The SMILES string of the molecule is CN(CC=CC1CCCCC1)C(N)=S. The van der Waals surface area contributed by atoms with E-state index in [1.807, 2.05) is 11.9 Å². The predicted molar refractivity (Wildman–Crippen MR) is 65.1 cm³/mol. The summed E-state index contributed by atoms with van der Waals surface area (Å²) in [6, 6.07) is 0. The first-order valence-electron chi connectivity index (χ1n) is 5.37. The molecular formula is C11H20N2S. The van der Waals surface area contributed by atoms with Gasteiger partial charge in [-0.1, -0.05) is 31.4 Å². The highest BCUT2D eigenvalue weighted by molar-refractivity contribution is 7.80. The van der Waals surface area contributed by atoms with Gasteiger partial charge in [-0.15, -0.1) is 0 Å². The zero-order chi connectivity index (χ0) is 10.4. The number of thiocarbonyl (C=S) groups is 1. The second-order valence-electron chi connectivity index (χ2n) is 4.05. The zero-order valence-corrected chi connectivity index (χ0v) is 9.72. The van der Waals surface area contributed by atoms with Crippen LogP contribution in [-0.2, 0) is 0 Å². The topological polar surface area (TPSA) is 29.3 Å². The Balaban J connectivity index is 2.21. The van der Waals surface area contributed by atoms with Crippen LogP contribution in [0.5, 0.6) is 0 Å². The average Bonchev–Trinajstić information content (AvgIpc) is 2.19. The summed E-state index contributed by atoms with van der Waals surface area (Å²) in [5.74, 6) is 0.795. The summed E-state index contributed by atoms with van der Waals surface area (Å²) >= 11 is 4.86. The number of rotatable bonds is 3. The molecule has 2 nitrogen and oxygen atoms in total. The van der Waals surface area contributed by atoms with Crippen LogP contribution in [0.1, 0.15) is 32.1 Å². The minimum Gasteiger partial charge on any atom is -0.376 e. The van der Waals surface area contributed by atoms with Crippen molar-refractivity contribution in [3.8, 4) is 0 Å². The Kier molecular flexibility index (Phi) is 4.94. The third-order valence-electron chi connectivity index (χ3n) is 2.81. The molecule has 0 aromatic rings. The lowest BCUT2D eigenvalue weighted by molar-refractivity contribution is 0.418. The summed E-state index contributed by atoms with van der Waals surface area (Å²) in [7, 11) is 1.92. The minimum absolute atomic E-state index is 0.471. The first-order valence-corrected chi connectivity index (χ1v) is 5.78. The molecule has 0 heterocycles. The van der Waals surface area contributed by atoms with E-state index in [4.69, 9.17) is 18.0 Å². The van der Waals surface area contributed by atoms with Gasteiger partial charge in [-0.2, -0.15) is 0 Å². The summed E-state index contributed by atoms with van der Waals surface area (Å²) in [6.45, 7) is 0.839. The van der Waals surface area contributed by atoms with E-state index in [1.54, 1.807) is 0 Å². The molecule has 14 heavy (non-hydrogen) atoms. The fraction of sp³-hybridized carbons (Fsp3) is 0.727. The van der Waals surface area contributed by atoms with Crippen LogP contribution in [0.2, 0.25) is 0 Å². The molecule has 1 aliphatic rings. The highest BCUT2D eigenvalue weighted by Crippen LogP contribution is 2.24. The summed E-state index contributed by atoms with van der Waals surface area (Å²) < 4.78 is 0. The fourth-order valence-corrected chi connectivity index (χ4v) is 1.90. The van der Waals surface area contributed by atoms with Gasteiger partial charge in [0.2, 0.25) is 0 Å². The molecule has 2 N–H and O–H groups in total. The Hall–Kier alpha value is -0.570. The number of nitrogens with zero attached hydrogens (tertiary/aromatic N) is 1. The van der Waals surface area contributed by atoms with E-state index in [0.717, 1.165) is 12.5 Å². The van der Waals surface area contributed by atoms with Gasteiger partial charge in [0.25, 0.3) is 0 Å². The standard InChI is InChI=1S/C11H20N2S/c1-13(11(12)14)9-5-8-10-6-3-2-4-7-10/h5,8,10H,2-4,6-7,9H2,1H3,(H2,12,14). The lowest BCUT2D eigenvalue weighted by Gasteiger charge is -2.19. The third-order valence-corrected chi connectivity index (χ3v) is 3.13. The Morgan fingerprint density at radius 2 is 2.07 bits per heavy atom. The van der Waals surface area contributed by atoms with Crippen molar-refractivity contribution in [1.29, 1.82) is 0 Å². The smallest absolute Gasteiger partial charge is 0.166 e. The molecule has 0 amide bonds. The molecule has 0 saturated heterocycles. The van der Waals surface area contributed by atoms with Crippen molar-refractivity contribution >= 4 is 17.3 Å². The van der Waals surface area contributed by atoms with Crippen molar-refractivity contribution in [2.45, 2.75) is 32.1 Å². The molecule has 1 aliphatic carbocycles. The summed E-state index contributed by atoms with van der Waals surface area (Å²) in [5, 5.41) is 0.471. The van der Waals surface area contributed by atoms with Gasteiger partial charge in [-0.3, -0.25) is 0 Å². The molecule has 0 aliphatic heterocycles. The van der Waals surface area contributed by atoms with Gasteiger partial charge in [0.05, 0.1) is 0 Å². The van der Waals surface area contributed by atoms with Crippen LogP contribution in [-0.4, -0.2) is 23.6 Å². The molecule has 0 aromatic heterocycles. The van der Waals surface area contributed by atoms with E-state index in [0.29, 0.717) is 5.11 Å². The van der Waals surface area contributed by atoms with Crippen molar-refractivity contribution in [1.82, 2.24) is 4.90 Å². The van der Waals surface area contributed by atoms with Crippen LogP contribution in [0.25, 0.3) is 0 Å². The van der Waals surface area contributed by atoms with Gasteiger partial charge in [0, 0.05) is 13.6 Å². The predicted octanol–water partition coefficient (Wildman–Crippen LogP) is 2.30. The van der Waals surface area contributed by atoms with E-state index in [1.165, 1.54) is 32.1 Å². The van der Waals surface area contributed by atoms with Gasteiger partial charge in [0.15, 0.2) is 5.11 Å². The monoisotopic (exact) mass is 212 g/mol. The van der Waals surface area contributed by atoms with Crippen LogP contribution < -0.4 is 5.73 Å². The molecule has 3 heteroatoms. The molecule has 0 radical (unpaired) electrons. The van der Waals surface area contributed by atoms with Crippen molar-refractivity contribution in [2.24, 2.45) is 11.7 Å². The van der Waals surface area contributed by atoms with E-state index in [2.05, 4.69) is 12.2 Å². The Labute approximate surface area is 92.2 Å². The molecular weight excluding hydrogens is 192 g/mol. The fourth-order valence-electron chi connectivity index (χ4n) is 1.83. The third kappa shape index (κ3) is 4.09. The van der Waals surface area contributed by atoms with Crippen molar-refractivity contribution in [3.05, 3.63) is 12.2 Å². The lowest BCUT2D eigenvalue weighted by Crippen LogP contribution is -2.31. The van der Waals surface area contributed by atoms with Gasteiger partial charge in [0.1, 0.15) is 0 Å². The minimum atomic E-state index is 0.471. The first-order chi connectivity index (χ1) is 6.70. The molecule has 0 aromatic carbocycles. The van der Waals surface area contributed by atoms with E-state index in [-0.39, 0.29) is 0 Å². The normalized spacial score (nSPS) is 18.6. The lowest BCUT2D eigenvalue weighted by atomic mass is 9.89. The maximum absolute atomic E-state index is 5.48. The van der Waals surface area contributed by atoms with E-state index < -0.39 is 0 Å². The first kappa shape index (κ1) is 11.5. The highest BCUT2D eigenvalue weighted by Gasteiger charge is 2.09. The van der Waals surface area contributed by atoms with Crippen molar-refractivity contribution < 1.29 is 0 Å². The van der Waals surface area contributed by atoms with Crippen LogP contribution in [0.3, 0.4) is 0 Å². The second-order valence-corrected chi connectivity index (χ2v) is 4.46. The van der Waals surface area contributed by atoms with E-state index in [9.17, 15) is 0 Å². The molecule has 0 bridgehead atoms. The van der Waals surface area contributed by atoms with Crippen LogP contribution >= 0.6 is 12.2 Å². The molecule has 0 atom stereocenters. The summed E-state index contributed by atoms with van der Waals surface area (Å²) in [6.07, 6.45) is 11.4. The number of hydrogen-bond donors (Lipinski definition) is 1. The van der Waals surface area contributed by atoms with Crippen molar-refractivity contribution in [2.75, 3.05) is 13.6 Å². The molecule has 80 valence electrons. The second kappa shape index (κ2) is 6.02. The van der Waals surface area contributed by atoms with Crippen LogP contribution in [0.4, 0.5) is 0 Å². The molecule has 1 fully saturated rings. The van der Waals surface area contributed by atoms with Gasteiger partial charge in [-0.05, 0) is 31.0 Å². The molecule has 1 rings (SSSR count). The largest absolute Gasteiger partial charge is 0.376 e. The number of likely N-dealkylation sites (N-methyl/N-ethyl adjacent to an activating group) is 1. The maximum Gasteiger partial charge on any atom is 0.166 e. The molecule has 0 spiro atoms. The van der Waals surface area contributed by atoms with Gasteiger partial charge in [-0.25, -0.2) is 0 Å². The van der Waals surface area contributed by atoms with Gasteiger partial charge >= 0.3 is 0 Å². The Morgan fingerprint density at radius 1 is 1.43 bits per heavy atom. The van der Waals surface area contributed by atoms with Crippen molar-refractivity contribution in [3.63, 3.8) is 0 Å². The summed E-state index contributed by atoms with van der Waals surface area (Å²) in [5.41, 5.74) is 5.48. The summed E-state index contributed by atoms with van der Waals surface area (Å²) in [4.78, 5) is 1.88. The van der Waals surface area contributed by atoms with E-state index >= 15 is 0 Å². The highest BCUT2D eigenvalue weighted by atomic mass is 32.1. The number of hydrogen-bond acceptors (Lipinski definition) is 1. The zero-order valence-electron chi connectivity index (χ0n) is 8.91. The average molecular weight is 212 g/mol. The maximum atomic E-state index is 5.48. The quantitative estimate of drug-likeness (QED) is 0.575. The molecule has 1 saturated carbocycles. The molecule has 0 unspecified atom stereocenters. The van der Waals surface area contributed by atoms with Crippen LogP contribution in [0.15, 0.2) is 12.2 Å². The van der Waals surface area contributed by atoms with Crippen LogP contribution in [0, 0.1) is 5.92 Å².